The van der Waals surface area contributed by atoms with Crippen LogP contribution >= 0.6 is 0 Å². The number of amides is 1. The molecule has 0 bridgehead atoms. The minimum atomic E-state index is -4.62. The van der Waals surface area contributed by atoms with E-state index in [1.165, 1.54) is 22.4 Å². The van der Waals surface area contributed by atoms with Gasteiger partial charge in [0.05, 0.1) is 11.1 Å². The monoisotopic (exact) mass is 461 g/mol. The van der Waals surface area contributed by atoms with Gasteiger partial charge in [-0.15, -0.1) is 10.2 Å². The van der Waals surface area contributed by atoms with Gasteiger partial charge in [-0.25, -0.2) is 4.39 Å². The highest BCUT2D eigenvalue weighted by molar-refractivity contribution is 5.91. The molecule has 1 aliphatic rings. The van der Waals surface area contributed by atoms with E-state index in [0.717, 1.165) is 18.2 Å². The topological polar surface area (TPSA) is 74.3 Å². The maximum Gasteiger partial charge on any atom is 0.416 e. The summed E-state index contributed by atoms with van der Waals surface area (Å²) in [5, 5.41) is 17.0. The van der Waals surface area contributed by atoms with Gasteiger partial charge in [-0.1, -0.05) is 18.7 Å². The number of alkyl halides is 4. The van der Waals surface area contributed by atoms with Gasteiger partial charge in [-0.2, -0.15) is 18.4 Å². The molecule has 2 unspecified atom stereocenters. The van der Waals surface area contributed by atoms with E-state index >= 15 is 0 Å². The Morgan fingerprint density at radius 2 is 2.06 bits per heavy atom. The van der Waals surface area contributed by atoms with Gasteiger partial charge in [0.1, 0.15) is 12.2 Å². The molecular weight excluding hydrogens is 438 g/mol. The Hall–Kier alpha value is -3.48. The van der Waals surface area contributed by atoms with Crippen LogP contribution in [0.5, 0.6) is 0 Å². The zero-order valence-corrected chi connectivity index (χ0v) is 18.0. The number of likely N-dealkylation sites (tertiary alicyclic amines) is 1. The fourth-order valence-corrected chi connectivity index (χ4v) is 3.80. The molecule has 174 valence electrons. The van der Waals surface area contributed by atoms with Crippen LogP contribution in [0.4, 0.5) is 17.6 Å². The first-order chi connectivity index (χ1) is 15.6. The van der Waals surface area contributed by atoms with Gasteiger partial charge in [-0.3, -0.25) is 9.20 Å². The fraction of sp³-hybridized carbons (Fsp3) is 0.391. The third kappa shape index (κ3) is 5.66. The van der Waals surface area contributed by atoms with Crippen LogP contribution in [0.1, 0.15) is 42.4 Å². The lowest BCUT2D eigenvalue weighted by atomic mass is 9.87. The lowest BCUT2D eigenvalue weighted by Gasteiger charge is -2.22. The molecule has 2 atom stereocenters. The molecule has 1 aliphatic heterocycles. The Kier molecular flexibility index (Phi) is 7.31. The van der Waals surface area contributed by atoms with E-state index in [-0.39, 0.29) is 17.9 Å². The predicted octanol–water partition coefficient (Wildman–Crippen LogP) is 4.80. The van der Waals surface area contributed by atoms with E-state index in [4.69, 9.17) is 5.26 Å². The second-order valence-electron chi connectivity index (χ2n) is 7.87. The number of fused-ring (bicyclic) bond motifs is 1. The van der Waals surface area contributed by atoms with E-state index in [9.17, 15) is 22.4 Å². The Morgan fingerprint density at radius 3 is 2.73 bits per heavy atom. The van der Waals surface area contributed by atoms with Crippen LogP contribution in [0, 0.1) is 17.2 Å². The minimum Gasteiger partial charge on any atom is -0.336 e. The SMILES string of the molecule is C=C(/C(=C\C=C/C(C)F)C(F)(F)F)C1CCCN(C(=O)c2nnc3ccc(C#N)cn23)CC1. The molecule has 1 fully saturated rings. The molecule has 0 N–H and O–H groups in total. The molecule has 33 heavy (non-hydrogen) atoms. The number of carbonyl (C=O) groups is 1. The second kappa shape index (κ2) is 9.98. The van der Waals surface area contributed by atoms with Crippen molar-refractivity contribution >= 4 is 11.6 Å². The highest BCUT2D eigenvalue weighted by Crippen LogP contribution is 2.37. The second-order valence-corrected chi connectivity index (χ2v) is 7.87. The van der Waals surface area contributed by atoms with E-state index in [2.05, 4.69) is 16.8 Å². The van der Waals surface area contributed by atoms with Crippen LogP contribution < -0.4 is 0 Å². The Balaban J connectivity index is 1.76. The van der Waals surface area contributed by atoms with Crippen molar-refractivity contribution in [2.24, 2.45) is 5.92 Å². The molecule has 0 aromatic carbocycles. The Bertz CT molecular complexity index is 1140. The molecule has 0 radical (unpaired) electrons. The molecule has 6 nitrogen and oxygen atoms in total. The quantitative estimate of drug-likeness (QED) is 0.474. The average Bonchev–Trinajstić information content (AvgIpc) is 3.02. The third-order valence-corrected chi connectivity index (χ3v) is 5.52. The molecule has 10 heteroatoms. The molecule has 2 aromatic heterocycles. The molecule has 2 aromatic rings. The van der Waals surface area contributed by atoms with Gasteiger partial charge in [-0.05, 0) is 55.9 Å². The van der Waals surface area contributed by atoms with Crippen LogP contribution in [0.25, 0.3) is 5.65 Å². The van der Waals surface area contributed by atoms with Crippen molar-refractivity contribution in [1.82, 2.24) is 19.5 Å². The van der Waals surface area contributed by atoms with Crippen molar-refractivity contribution in [3.05, 3.63) is 65.7 Å². The minimum absolute atomic E-state index is 0.0423. The number of hydrogen-bond acceptors (Lipinski definition) is 4. The van der Waals surface area contributed by atoms with Gasteiger partial charge in [0.2, 0.25) is 5.82 Å². The fourth-order valence-electron chi connectivity index (χ4n) is 3.80. The summed E-state index contributed by atoms with van der Waals surface area (Å²) in [5.41, 5.74) is -0.212. The standard InChI is InChI=1S/C23H23F4N5O/c1-15(24)5-3-7-19(23(25,26)27)16(2)18-6-4-11-31(12-10-18)22(33)21-30-29-20-9-8-17(13-28)14-32(20)21/h3,5,7-9,14-15,18H,2,4,6,10-12H2,1H3/b5-3-,19-7+. The maximum absolute atomic E-state index is 13.6. The number of pyridine rings is 1. The molecule has 0 aliphatic carbocycles. The summed E-state index contributed by atoms with van der Waals surface area (Å²) < 4.78 is 55.2. The number of nitriles is 1. The smallest absolute Gasteiger partial charge is 0.336 e. The number of hydrogen-bond donors (Lipinski definition) is 0. The number of aromatic nitrogens is 3. The van der Waals surface area contributed by atoms with Crippen LogP contribution in [-0.2, 0) is 0 Å². The van der Waals surface area contributed by atoms with Crippen molar-refractivity contribution < 1.29 is 22.4 Å². The number of rotatable bonds is 5. The Labute approximate surface area is 188 Å². The maximum atomic E-state index is 13.6. The van der Waals surface area contributed by atoms with Gasteiger partial charge < -0.3 is 4.90 Å². The molecule has 0 spiro atoms. The first-order valence-corrected chi connectivity index (χ1v) is 10.4. The van der Waals surface area contributed by atoms with Gasteiger partial charge in [0, 0.05) is 19.3 Å². The highest BCUT2D eigenvalue weighted by Gasteiger charge is 2.37. The number of allylic oxidation sites excluding steroid dienone is 5. The van der Waals surface area contributed by atoms with Crippen molar-refractivity contribution in [2.75, 3.05) is 13.1 Å². The third-order valence-electron chi connectivity index (χ3n) is 5.52. The van der Waals surface area contributed by atoms with Crippen molar-refractivity contribution in [1.29, 1.82) is 5.26 Å². The lowest BCUT2D eigenvalue weighted by Crippen LogP contribution is -2.33. The van der Waals surface area contributed by atoms with Gasteiger partial charge in [0.25, 0.3) is 5.91 Å². The lowest BCUT2D eigenvalue weighted by molar-refractivity contribution is -0.0901. The van der Waals surface area contributed by atoms with Gasteiger partial charge in [0.15, 0.2) is 5.65 Å². The summed E-state index contributed by atoms with van der Waals surface area (Å²) in [4.78, 5) is 14.6. The first-order valence-electron chi connectivity index (χ1n) is 10.4. The zero-order valence-electron chi connectivity index (χ0n) is 18.0. The summed E-state index contributed by atoms with van der Waals surface area (Å²) in [7, 11) is 0. The van der Waals surface area contributed by atoms with Crippen molar-refractivity contribution in [3.63, 3.8) is 0 Å². The van der Waals surface area contributed by atoms with Crippen molar-refractivity contribution in [3.8, 4) is 6.07 Å². The van der Waals surface area contributed by atoms with E-state index in [1.807, 2.05) is 6.07 Å². The summed E-state index contributed by atoms with van der Waals surface area (Å²) >= 11 is 0. The van der Waals surface area contributed by atoms with Gasteiger partial charge >= 0.3 is 6.18 Å². The number of nitrogens with zero attached hydrogens (tertiary/aromatic N) is 5. The average molecular weight is 461 g/mol. The molecular formula is C23H23F4N5O. The number of carbonyl (C=O) groups excluding carboxylic acids is 1. The molecule has 0 saturated carbocycles. The van der Waals surface area contributed by atoms with Crippen LogP contribution in [0.3, 0.4) is 0 Å². The summed E-state index contributed by atoms with van der Waals surface area (Å²) in [6.45, 7) is 5.48. The summed E-state index contributed by atoms with van der Waals surface area (Å²) in [6.07, 6.45) is -0.374. The van der Waals surface area contributed by atoms with Crippen LogP contribution in [0.2, 0.25) is 0 Å². The molecule has 3 heterocycles. The van der Waals surface area contributed by atoms with E-state index in [0.29, 0.717) is 37.0 Å². The highest BCUT2D eigenvalue weighted by atomic mass is 19.4. The molecule has 3 rings (SSSR count). The normalized spacial score (nSPS) is 18.8. The molecule has 1 saturated heterocycles. The van der Waals surface area contributed by atoms with Crippen molar-refractivity contribution in [2.45, 2.75) is 38.5 Å². The largest absolute Gasteiger partial charge is 0.416 e. The molecule has 1 amide bonds. The first kappa shape index (κ1) is 24.2. The predicted molar refractivity (Wildman–Crippen MR) is 114 cm³/mol. The summed E-state index contributed by atoms with van der Waals surface area (Å²) in [6, 6.07) is 5.13. The van der Waals surface area contributed by atoms with E-state index in [1.54, 1.807) is 12.1 Å². The van der Waals surface area contributed by atoms with Crippen LogP contribution in [-0.4, -0.2) is 50.8 Å². The van der Waals surface area contributed by atoms with E-state index < -0.39 is 29.7 Å². The summed E-state index contributed by atoms with van der Waals surface area (Å²) in [5.74, 6) is -0.844. The number of halogens is 4. The zero-order chi connectivity index (χ0) is 24.2. The Morgan fingerprint density at radius 1 is 1.30 bits per heavy atom. The van der Waals surface area contributed by atoms with Crippen LogP contribution in [0.15, 0.2) is 54.3 Å².